The molecular formula is C12H9NO4. The predicted octanol–water partition coefficient (Wildman–Crippen LogP) is 1.24. The monoisotopic (exact) mass is 231 g/mol. The number of carboxylic acid groups (broad SMARTS) is 1. The van der Waals surface area contributed by atoms with Crippen molar-refractivity contribution in [2.75, 3.05) is 0 Å². The van der Waals surface area contributed by atoms with E-state index >= 15 is 0 Å². The summed E-state index contributed by atoms with van der Waals surface area (Å²) in [5, 5.41) is 18.4. The van der Waals surface area contributed by atoms with Gasteiger partial charge in [-0.25, -0.2) is 4.79 Å². The van der Waals surface area contributed by atoms with Gasteiger partial charge in [0.2, 0.25) is 0 Å². The first-order valence-electron chi connectivity index (χ1n) is 4.84. The SMILES string of the molecule is O=C(O)c1cccn(-c2ccccc2O)c1=O. The Balaban J connectivity index is 2.70. The van der Waals surface area contributed by atoms with Crippen LogP contribution in [0, 0.1) is 0 Å². The van der Waals surface area contributed by atoms with Gasteiger partial charge >= 0.3 is 5.97 Å². The molecule has 0 bridgehead atoms. The summed E-state index contributed by atoms with van der Waals surface area (Å²) in [5.74, 6) is -1.38. The molecule has 5 nitrogen and oxygen atoms in total. The zero-order chi connectivity index (χ0) is 12.4. The maximum absolute atomic E-state index is 11.8. The van der Waals surface area contributed by atoms with Gasteiger partial charge in [-0.15, -0.1) is 0 Å². The number of phenolic OH excluding ortho intramolecular Hbond substituents is 1. The third-order valence-electron chi connectivity index (χ3n) is 2.32. The Labute approximate surface area is 96.2 Å². The summed E-state index contributed by atoms with van der Waals surface area (Å²) in [6.45, 7) is 0. The van der Waals surface area contributed by atoms with Crippen LogP contribution in [0.2, 0.25) is 0 Å². The number of pyridine rings is 1. The van der Waals surface area contributed by atoms with Crippen LogP contribution in [0.4, 0.5) is 0 Å². The van der Waals surface area contributed by atoms with Crippen molar-refractivity contribution >= 4 is 5.97 Å². The lowest BCUT2D eigenvalue weighted by Gasteiger charge is -2.07. The van der Waals surface area contributed by atoms with E-state index in [9.17, 15) is 14.7 Å². The topological polar surface area (TPSA) is 79.5 Å². The minimum Gasteiger partial charge on any atom is -0.506 e. The molecule has 0 saturated carbocycles. The van der Waals surface area contributed by atoms with Crippen LogP contribution in [-0.2, 0) is 0 Å². The van der Waals surface area contributed by atoms with Gasteiger partial charge in [-0.3, -0.25) is 9.36 Å². The largest absolute Gasteiger partial charge is 0.506 e. The third-order valence-corrected chi connectivity index (χ3v) is 2.32. The molecule has 0 unspecified atom stereocenters. The second-order valence-electron chi connectivity index (χ2n) is 3.39. The van der Waals surface area contributed by atoms with Crippen molar-refractivity contribution in [2.45, 2.75) is 0 Å². The number of phenols is 1. The van der Waals surface area contributed by atoms with Gasteiger partial charge in [-0.05, 0) is 24.3 Å². The molecule has 2 rings (SSSR count). The second-order valence-corrected chi connectivity index (χ2v) is 3.39. The summed E-state index contributed by atoms with van der Waals surface area (Å²) < 4.78 is 1.10. The fraction of sp³-hybridized carbons (Fsp3) is 0. The molecule has 1 aromatic carbocycles. The van der Waals surface area contributed by atoms with E-state index in [2.05, 4.69) is 0 Å². The summed E-state index contributed by atoms with van der Waals surface area (Å²) in [6, 6.07) is 8.88. The molecule has 5 heteroatoms. The van der Waals surface area contributed by atoms with Crippen LogP contribution in [0.3, 0.4) is 0 Å². The Morgan fingerprint density at radius 3 is 2.47 bits per heavy atom. The lowest BCUT2D eigenvalue weighted by Crippen LogP contribution is -2.24. The molecule has 17 heavy (non-hydrogen) atoms. The van der Waals surface area contributed by atoms with E-state index in [0.717, 1.165) is 4.57 Å². The van der Waals surface area contributed by atoms with Crippen LogP contribution < -0.4 is 5.56 Å². The van der Waals surface area contributed by atoms with Crippen LogP contribution in [-0.4, -0.2) is 20.7 Å². The summed E-state index contributed by atoms with van der Waals surface area (Å²) >= 11 is 0. The van der Waals surface area contributed by atoms with Crippen LogP contribution in [0.25, 0.3) is 5.69 Å². The molecule has 2 aromatic rings. The van der Waals surface area contributed by atoms with Crippen molar-refractivity contribution in [2.24, 2.45) is 0 Å². The van der Waals surface area contributed by atoms with Crippen LogP contribution >= 0.6 is 0 Å². The molecule has 1 aromatic heterocycles. The van der Waals surface area contributed by atoms with Crippen molar-refractivity contribution in [1.29, 1.82) is 0 Å². The average Bonchev–Trinajstić information content (AvgIpc) is 2.30. The van der Waals surface area contributed by atoms with Gasteiger partial charge in [0.05, 0.1) is 5.69 Å². The molecule has 0 saturated heterocycles. The van der Waals surface area contributed by atoms with Gasteiger partial charge < -0.3 is 10.2 Å². The van der Waals surface area contributed by atoms with Crippen molar-refractivity contribution in [3.05, 3.63) is 58.5 Å². The van der Waals surface area contributed by atoms with Crippen LogP contribution in [0.1, 0.15) is 10.4 Å². The van der Waals surface area contributed by atoms with E-state index in [-0.39, 0.29) is 17.0 Å². The van der Waals surface area contributed by atoms with Crippen molar-refractivity contribution in [1.82, 2.24) is 4.57 Å². The average molecular weight is 231 g/mol. The number of aromatic nitrogens is 1. The normalized spacial score (nSPS) is 10.1. The quantitative estimate of drug-likeness (QED) is 0.814. The number of rotatable bonds is 2. The lowest BCUT2D eigenvalue weighted by atomic mass is 10.2. The fourth-order valence-corrected chi connectivity index (χ4v) is 1.51. The zero-order valence-corrected chi connectivity index (χ0v) is 8.70. The number of aromatic carboxylic acids is 1. The molecule has 0 aliphatic carbocycles. The highest BCUT2D eigenvalue weighted by Gasteiger charge is 2.12. The highest BCUT2D eigenvalue weighted by atomic mass is 16.4. The lowest BCUT2D eigenvalue weighted by molar-refractivity contribution is 0.0694. The molecule has 0 amide bonds. The molecular weight excluding hydrogens is 222 g/mol. The van der Waals surface area contributed by atoms with Gasteiger partial charge in [0.15, 0.2) is 0 Å². The Hall–Kier alpha value is -2.56. The Bertz CT molecular complexity index is 630. The van der Waals surface area contributed by atoms with E-state index in [4.69, 9.17) is 5.11 Å². The number of benzene rings is 1. The summed E-state index contributed by atoms with van der Waals surface area (Å²) in [5.41, 5.74) is -0.766. The number of nitrogens with zero attached hydrogens (tertiary/aromatic N) is 1. The molecule has 0 radical (unpaired) electrons. The minimum atomic E-state index is -1.29. The van der Waals surface area contributed by atoms with Gasteiger partial charge in [0, 0.05) is 6.20 Å². The van der Waals surface area contributed by atoms with E-state index < -0.39 is 11.5 Å². The minimum absolute atomic E-state index is 0.0860. The maximum atomic E-state index is 11.8. The van der Waals surface area contributed by atoms with Gasteiger partial charge in [0.25, 0.3) is 5.56 Å². The van der Waals surface area contributed by atoms with Gasteiger partial charge in [-0.2, -0.15) is 0 Å². The van der Waals surface area contributed by atoms with Crippen molar-refractivity contribution in [3.63, 3.8) is 0 Å². The fourth-order valence-electron chi connectivity index (χ4n) is 1.51. The van der Waals surface area contributed by atoms with Gasteiger partial charge in [-0.1, -0.05) is 12.1 Å². The first-order chi connectivity index (χ1) is 8.11. The molecule has 86 valence electrons. The van der Waals surface area contributed by atoms with E-state index in [1.54, 1.807) is 12.1 Å². The zero-order valence-electron chi connectivity index (χ0n) is 8.70. The Morgan fingerprint density at radius 1 is 1.12 bits per heavy atom. The summed E-state index contributed by atoms with van der Waals surface area (Å²) in [7, 11) is 0. The maximum Gasteiger partial charge on any atom is 0.341 e. The Morgan fingerprint density at radius 2 is 1.82 bits per heavy atom. The number of para-hydroxylation sites is 2. The van der Waals surface area contributed by atoms with Gasteiger partial charge in [0.1, 0.15) is 11.3 Å². The molecule has 1 heterocycles. The molecule has 0 aliphatic heterocycles. The van der Waals surface area contributed by atoms with Crippen LogP contribution in [0.5, 0.6) is 5.75 Å². The summed E-state index contributed by atoms with van der Waals surface area (Å²) in [6.07, 6.45) is 1.41. The number of hydrogen-bond donors (Lipinski definition) is 2. The number of hydrogen-bond acceptors (Lipinski definition) is 3. The molecule has 2 N–H and O–H groups in total. The third kappa shape index (κ3) is 1.90. The van der Waals surface area contributed by atoms with Crippen molar-refractivity contribution in [3.8, 4) is 11.4 Å². The second kappa shape index (κ2) is 4.13. The summed E-state index contributed by atoms with van der Waals surface area (Å²) in [4.78, 5) is 22.6. The van der Waals surface area contributed by atoms with Crippen LogP contribution in [0.15, 0.2) is 47.4 Å². The molecule has 0 fully saturated rings. The standard InChI is InChI=1S/C12H9NO4/c14-10-6-2-1-5-9(10)13-7-3-4-8(11(13)15)12(16)17/h1-7,14H,(H,16,17). The molecule has 0 aliphatic rings. The first-order valence-corrected chi connectivity index (χ1v) is 4.84. The van der Waals surface area contributed by atoms with Crippen molar-refractivity contribution < 1.29 is 15.0 Å². The number of carboxylic acids is 1. The number of aromatic hydroxyl groups is 1. The first kappa shape index (κ1) is 10.9. The predicted molar refractivity (Wildman–Crippen MR) is 60.7 cm³/mol. The Kier molecular flexibility index (Phi) is 2.66. The van der Waals surface area contributed by atoms with E-state index in [0.29, 0.717) is 0 Å². The highest BCUT2D eigenvalue weighted by molar-refractivity contribution is 5.87. The number of carbonyl (C=O) groups is 1. The molecule has 0 spiro atoms. The highest BCUT2D eigenvalue weighted by Crippen LogP contribution is 2.18. The molecule has 0 atom stereocenters. The van der Waals surface area contributed by atoms with E-state index in [1.165, 1.54) is 30.5 Å². The smallest absolute Gasteiger partial charge is 0.341 e. The van der Waals surface area contributed by atoms with E-state index in [1.807, 2.05) is 0 Å².